The highest BCUT2D eigenvalue weighted by molar-refractivity contribution is 7.20. The normalized spacial score (nSPS) is 12.5. The minimum atomic E-state index is -0.301. The van der Waals surface area contributed by atoms with E-state index in [1.165, 1.54) is 11.3 Å². The molecule has 96 valence electrons. The van der Waals surface area contributed by atoms with E-state index in [-0.39, 0.29) is 6.04 Å². The maximum atomic E-state index is 6.17. The zero-order chi connectivity index (χ0) is 13.3. The van der Waals surface area contributed by atoms with Crippen molar-refractivity contribution < 1.29 is 0 Å². The highest BCUT2D eigenvalue weighted by atomic mass is 35.5. The second kappa shape index (κ2) is 5.45. The molecule has 0 bridgehead atoms. The van der Waals surface area contributed by atoms with Crippen molar-refractivity contribution >= 4 is 40.4 Å². The summed E-state index contributed by atoms with van der Waals surface area (Å²) in [6, 6.07) is 5.38. The molecular weight excluding hydrogens is 289 g/mol. The summed E-state index contributed by atoms with van der Waals surface area (Å²) in [5.74, 6) is 0.889. The maximum Gasteiger partial charge on any atom is 0.127 e. The predicted octanol–water partition coefficient (Wildman–Crippen LogP) is 3.56. The predicted molar refractivity (Wildman–Crippen MR) is 78.9 cm³/mol. The van der Waals surface area contributed by atoms with E-state index in [1.807, 2.05) is 31.1 Å². The van der Waals surface area contributed by atoms with Crippen LogP contribution in [-0.4, -0.2) is 19.1 Å². The lowest BCUT2D eigenvalue weighted by atomic mass is 10.0. The van der Waals surface area contributed by atoms with Gasteiger partial charge in [0.1, 0.15) is 5.82 Å². The van der Waals surface area contributed by atoms with Gasteiger partial charge >= 0.3 is 0 Å². The molecule has 6 heteroatoms. The third-order valence-electron chi connectivity index (χ3n) is 2.61. The van der Waals surface area contributed by atoms with E-state index in [4.69, 9.17) is 28.9 Å². The van der Waals surface area contributed by atoms with Crippen LogP contribution < -0.4 is 10.6 Å². The smallest absolute Gasteiger partial charge is 0.127 e. The van der Waals surface area contributed by atoms with Gasteiger partial charge in [-0.05, 0) is 17.7 Å². The van der Waals surface area contributed by atoms with Crippen LogP contribution >= 0.6 is 34.5 Å². The molecule has 3 nitrogen and oxygen atoms in total. The maximum absolute atomic E-state index is 6.17. The van der Waals surface area contributed by atoms with Crippen molar-refractivity contribution in [2.24, 2.45) is 5.73 Å². The van der Waals surface area contributed by atoms with Crippen LogP contribution in [0.1, 0.15) is 17.2 Å². The molecule has 0 saturated heterocycles. The highest BCUT2D eigenvalue weighted by Gasteiger charge is 2.16. The van der Waals surface area contributed by atoms with Crippen molar-refractivity contribution in [3.63, 3.8) is 0 Å². The summed E-state index contributed by atoms with van der Waals surface area (Å²) >= 11 is 13.3. The van der Waals surface area contributed by atoms with Gasteiger partial charge in [0, 0.05) is 25.9 Å². The van der Waals surface area contributed by atoms with Gasteiger partial charge in [0.15, 0.2) is 0 Å². The molecule has 0 fully saturated rings. The summed E-state index contributed by atoms with van der Waals surface area (Å²) in [7, 11) is 3.88. The van der Waals surface area contributed by atoms with E-state index in [2.05, 4.69) is 4.98 Å². The number of halogens is 2. The molecule has 2 heterocycles. The molecule has 18 heavy (non-hydrogen) atoms. The first-order valence-corrected chi connectivity index (χ1v) is 6.90. The van der Waals surface area contributed by atoms with E-state index < -0.39 is 0 Å². The molecule has 0 amide bonds. The molecule has 2 aromatic heterocycles. The fraction of sp³-hybridized carbons (Fsp3) is 0.250. The van der Waals surface area contributed by atoms with Gasteiger partial charge in [0.25, 0.3) is 0 Å². The van der Waals surface area contributed by atoms with Crippen molar-refractivity contribution in [1.82, 2.24) is 4.98 Å². The molecule has 0 aliphatic rings. The van der Waals surface area contributed by atoms with Gasteiger partial charge in [-0.1, -0.05) is 29.3 Å². The molecule has 2 rings (SSSR count). The Morgan fingerprint density at radius 3 is 2.50 bits per heavy atom. The van der Waals surface area contributed by atoms with Crippen molar-refractivity contribution in [2.45, 2.75) is 6.04 Å². The van der Waals surface area contributed by atoms with Gasteiger partial charge in [-0.15, -0.1) is 11.3 Å². The van der Waals surface area contributed by atoms with Gasteiger partial charge in [-0.25, -0.2) is 4.98 Å². The molecule has 0 aromatic carbocycles. The quantitative estimate of drug-likeness (QED) is 0.942. The molecule has 0 radical (unpaired) electrons. The number of nitrogens with two attached hydrogens (primary N) is 1. The Morgan fingerprint density at radius 2 is 2.06 bits per heavy atom. The molecule has 1 unspecified atom stereocenters. The molecule has 0 saturated carbocycles. The Hall–Kier alpha value is -0.810. The molecular formula is C12H13Cl2N3S. The summed E-state index contributed by atoms with van der Waals surface area (Å²) < 4.78 is 1.27. The van der Waals surface area contributed by atoms with Gasteiger partial charge in [-0.2, -0.15) is 0 Å². The van der Waals surface area contributed by atoms with E-state index in [1.54, 1.807) is 12.3 Å². The number of hydrogen-bond acceptors (Lipinski definition) is 4. The fourth-order valence-electron chi connectivity index (χ4n) is 1.59. The Labute approximate surface area is 120 Å². The summed E-state index contributed by atoms with van der Waals surface area (Å²) in [6.45, 7) is 0. The van der Waals surface area contributed by atoms with E-state index in [0.717, 1.165) is 16.9 Å². The molecule has 1 atom stereocenters. The van der Waals surface area contributed by atoms with E-state index in [0.29, 0.717) is 8.67 Å². The Kier molecular flexibility index (Phi) is 4.12. The van der Waals surface area contributed by atoms with Crippen LogP contribution in [0.15, 0.2) is 24.4 Å². The average molecular weight is 302 g/mol. The minimum Gasteiger partial charge on any atom is -0.363 e. The highest BCUT2D eigenvalue weighted by Crippen LogP contribution is 2.36. The first-order chi connectivity index (χ1) is 8.49. The van der Waals surface area contributed by atoms with Crippen LogP contribution in [0.25, 0.3) is 0 Å². The molecule has 0 spiro atoms. The van der Waals surface area contributed by atoms with Crippen molar-refractivity contribution in [2.75, 3.05) is 19.0 Å². The number of thiophene rings is 1. The summed E-state index contributed by atoms with van der Waals surface area (Å²) in [4.78, 5) is 6.27. The van der Waals surface area contributed by atoms with Crippen LogP contribution in [0.4, 0.5) is 5.82 Å². The lowest BCUT2D eigenvalue weighted by Crippen LogP contribution is -2.14. The number of aromatic nitrogens is 1. The largest absolute Gasteiger partial charge is 0.363 e. The number of anilines is 1. The van der Waals surface area contributed by atoms with Crippen LogP contribution in [0, 0.1) is 0 Å². The van der Waals surface area contributed by atoms with E-state index >= 15 is 0 Å². The molecule has 0 aliphatic carbocycles. The summed E-state index contributed by atoms with van der Waals surface area (Å²) in [5, 5.41) is 0. The zero-order valence-electron chi connectivity index (χ0n) is 10.0. The third kappa shape index (κ3) is 2.78. The summed E-state index contributed by atoms with van der Waals surface area (Å²) in [5.41, 5.74) is 7.92. The fourth-order valence-corrected chi connectivity index (χ4v) is 3.14. The number of rotatable bonds is 3. The Morgan fingerprint density at radius 1 is 1.33 bits per heavy atom. The monoisotopic (exact) mass is 301 g/mol. The topological polar surface area (TPSA) is 42.1 Å². The third-order valence-corrected chi connectivity index (χ3v) is 4.12. The van der Waals surface area contributed by atoms with Crippen LogP contribution in [-0.2, 0) is 0 Å². The minimum absolute atomic E-state index is 0.301. The van der Waals surface area contributed by atoms with Crippen molar-refractivity contribution in [3.05, 3.63) is 44.2 Å². The molecule has 0 aliphatic heterocycles. The van der Waals surface area contributed by atoms with E-state index in [9.17, 15) is 0 Å². The second-order valence-electron chi connectivity index (χ2n) is 4.10. The average Bonchev–Trinajstić information content (AvgIpc) is 2.67. The lowest BCUT2D eigenvalue weighted by molar-refractivity contribution is 0.866. The first kappa shape index (κ1) is 13.6. The number of nitrogens with zero attached hydrogens (tertiary/aromatic N) is 2. The van der Waals surface area contributed by atoms with Crippen LogP contribution in [0.2, 0.25) is 8.67 Å². The zero-order valence-corrected chi connectivity index (χ0v) is 12.4. The number of hydrogen-bond donors (Lipinski definition) is 1. The Balaban J connectivity index is 2.28. The lowest BCUT2D eigenvalue weighted by Gasteiger charge is -2.14. The SMILES string of the molecule is CN(C)c1ccc(C(N)c2cc(Cl)sc2Cl)cn1. The molecule has 2 aromatic rings. The Bertz CT molecular complexity index is 537. The van der Waals surface area contributed by atoms with Gasteiger partial charge < -0.3 is 10.6 Å². The first-order valence-electron chi connectivity index (χ1n) is 5.32. The van der Waals surface area contributed by atoms with Gasteiger partial charge in [-0.3, -0.25) is 0 Å². The summed E-state index contributed by atoms with van der Waals surface area (Å²) in [6.07, 6.45) is 1.77. The number of pyridine rings is 1. The van der Waals surface area contributed by atoms with Crippen molar-refractivity contribution in [1.29, 1.82) is 0 Å². The van der Waals surface area contributed by atoms with Crippen LogP contribution in [0.5, 0.6) is 0 Å². The van der Waals surface area contributed by atoms with Crippen LogP contribution in [0.3, 0.4) is 0 Å². The van der Waals surface area contributed by atoms with Gasteiger partial charge in [0.05, 0.1) is 14.7 Å². The second-order valence-corrected chi connectivity index (χ2v) is 6.39. The van der Waals surface area contributed by atoms with Crippen molar-refractivity contribution in [3.8, 4) is 0 Å². The molecule has 2 N–H and O–H groups in total. The standard InChI is InChI=1S/C12H13Cl2N3S/c1-17(2)10-4-3-7(6-16-10)11(15)8-5-9(13)18-12(8)14/h3-6,11H,15H2,1-2H3. The van der Waals surface area contributed by atoms with Gasteiger partial charge in [0.2, 0.25) is 0 Å².